The summed E-state index contributed by atoms with van der Waals surface area (Å²) in [6.45, 7) is 3.63. The first-order valence-electron chi connectivity index (χ1n) is 14.3. The zero-order valence-electron chi connectivity index (χ0n) is 24.4. The van der Waals surface area contributed by atoms with Crippen LogP contribution in [0, 0.1) is 5.92 Å². The van der Waals surface area contributed by atoms with Crippen molar-refractivity contribution in [2.75, 3.05) is 0 Å². The predicted octanol–water partition coefficient (Wildman–Crippen LogP) is 2.33. The van der Waals surface area contributed by atoms with Gasteiger partial charge >= 0.3 is 5.97 Å². The average Bonchev–Trinajstić information content (AvgIpc) is 3.00. The van der Waals surface area contributed by atoms with E-state index in [9.17, 15) is 29.4 Å². The molecule has 3 aromatic carbocycles. The van der Waals surface area contributed by atoms with E-state index in [0.717, 1.165) is 11.1 Å². The van der Waals surface area contributed by atoms with Crippen LogP contribution in [0.4, 0.5) is 0 Å². The molecule has 0 aliphatic rings. The van der Waals surface area contributed by atoms with Crippen LogP contribution in [0.15, 0.2) is 84.9 Å². The molecule has 228 valence electrons. The van der Waals surface area contributed by atoms with Crippen LogP contribution >= 0.6 is 0 Å². The summed E-state index contributed by atoms with van der Waals surface area (Å²) < 4.78 is 0. The number of nitrogens with one attached hydrogen (secondary N) is 3. The van der Waals surface area contributed by atoms with Crippen molar-refractivity contribution >= 4 is 23.7 Å². The second-order valence-electron chi connectivity index (χ2n) is 10.7. The summed E-state index contributed by atoms with van der Waals surface area (Å²) in [6.07, 6.45) is 0.937. The zero-order chi connectivity index (χ0) is 31.4. The van der Waals surface area contributed by atoms with Gasteiger partial charge in [-0.15, -0.1) is 0 Å². The number of nitrogens with two attached hydrogens (primary N) is 1. The summed E-state index contributed by atoms with van der Waals surface area (Å²) >= 11 is 0. The first-order valence-corrected chi connectivity index (χ1v) is 14.3. The SMILES string of the molecule is CCC(C)C(NC(=O)C(Cc1ccccc1)NC(=O)C(N)Cc1ccccc1)C(=O)NC(Cc1ccc(O)cc1)C(=O)O. The van der Waals surface area contributed by atoms with Gasteiger partial charge in [-0.25, -0.2) is 4.79 Å². The number of benzene rings is 3. The number of rotatable bonds is 15. The Morgan fingerprint density at radius 1 is 0.674 bits per heavy atom. The highest BCUT2D eigenvalue weighted by Gasteiger charge is 2.33. The van der Waals surface area contributed by atoms with Gasteiger partial charge in [0.25, 0.3) is 0 Å². The molecule has 0 aliphatic heterocycles. The fraction of sp³-hybridized carbons (Fsp3) is 0.333. The number of phenolic OH excluding ortho intramolecular Hbond substituents is 1. The fourth-order valence-corrected chi connectivity index (χ4v) is 4.58. The minimum absolute atomic E-state index is 0.0193. The Kier molecular flexibility index (Phi) is 12.3. The quantitative estimate of drug-likeness (QED) is 0.158. The van der Waals surface area contributed by atoms with E-state index >= 15 is 0 Å². The molecule has 43 heavy (non-hydrogen) atoms. The topological polar surface area (TPSA) is 171 Å². The number of aromatic hydroxyl groups is 1. The summed E-state index contributed by atoms with van der Waals surface area (Å²) in [5, 5.41) is 27.4. The number of carbonyl (C=O) groups is 4. The Balaban J connectivity index is 1.76. The smallest absolute Gasteiger partial charge is 0.326 e. The number of carboxylic acids is 1. The third-order valence-corrected chi connectivity index (χ3v) is 7.33. The lowest BCUT2D eigenvalue weighted by Crippen LogP contribution is -2.59. The van der Waals surface area contributed by atoms with Crippen LogP contribution in [0.2, 0.25) is 0 Å². The highest BCUT2D eigenvalue weighted by Crippen LogP contribution is 2.14. The molecular weight excluding hydrogens is 548 g/mol. The molecule has 5 unspecified atom stereocenters. The number of aliphatic carboxylic acids is 1. The molecule has 3 aromatic rings. The van der Waals surface area contributed by atoms with Crippen molar-refractivity contribution in [3.05, 3.63) is 102 Å². The molecule has 5 atom stereocenters. The molecule has 0 aromatic heterocycles. The van der Waals surface area contributed by atoms with E-state index in [4.69, 9.17) is 5.73 Å². The number of carbonyl (C=O) groups excluding carboxylic acids is 3. The van der Waals surface area contributed by atoms with Crippen molar-refractivity contribution in [1.82, 2.24) is 16.0 Å². The maximum Gasteiger partial charge on any atom is 0.326 e. The molecule has 3 rings (SSSR count). The monoisotopic (exact) mass is 588 g/mol. The Morgan fingerprint density at radius 3 is 1.70 bits per heavy atom. The first kappa shape index (κ1) is 32.8. The van der Waals surface area contributed by atoms with Crippen LogP contribution in [0.1, 0.15) is 37.0 Å². The highest BCUT2D eigenvalue weighted by molar-refractivity contribution is 5.94. The summed E-state index contributed by atoms with van der Waals surface area (Å²) in [6, 6.07) is 20.2. The van der Waals surface area contributed by atoms with Crippen LogP contribution in [0.25, 0.3) is 0 Å². The van der Waals surface area contributed by atoms with Crippen molar-refractivity contribution in [1.29, 1.82) is 0 Å². The van der Waals surface area contributed by atoms with E-state index < -0.39 is 47.9 Å². The maximum absolute atomic E-state index is 13.7. The van der Waals surface area contributed by atoms with Crippen molar-refractivity contribution in [3.63, 3.8) is 0 Å². The van der Waals surface area contributed by atoms with Gasteiger partial charge in [-0.05, 0) is 41.2 Å². The third-order valence-electron chi connectivity index (χ3n) is 7.33. The highest BCUT2D eigenvalue weighted by atomic mass is 16.4. The number of amides is 3. The molecular formula is C33H40N4O6. The standard InChI is InChI=1S/C33H40N4O6/c1-3-21(2)29(32(41)36-28(33(42)43)20-24-14-16-25(38)17-15-24)37-31(40)27(19-23-12-8-5-9-13-23)35-30(39)26(34)18-22-10-6-4-7-11-22/h4-17,21,26-29,38H,3,18-20,34H2,1-2H3,(H,35,39)(H,36,41)(H,37,40)(H,42,43). The predicted molar refractivity (Wildman–Crippen MR) is 163 cm³/mol. The molecule has 0 radical (unpaired) electrons. The third kappa shape index (κ3) is 10.3. The second-order valence-corrected chi connectivity index (χ2v) is 10.7. The van der Waals surface area contributed by atoms with Gasteiger partial charge in [0, 0.05) is 12.8 Å². The molecule has 0 spiro atoms. The molecule has 7 N–H and O–H groups in total. The van der Waals surface area contributed by atoms with E-state index in [1.807, 2.05) is 67.6 Å². The van der Waals surface area contributed by atoms with Crippen molar-refractivity contribution in [3.8, 4) is 5.75 Å². The van der Waals surface area contributed by atoms with Gasteiger partial charge in [0.15, 0.2) is 0 Å². The minimum Gasteiger partial charge on any atom is -0.508 e. The van der Waals surface area contributed by atoms with Crippen molar-refractivity contribution in [2.45, 2.75) is 63.7 Å². The lowest BCUT2D eigenvalue weighted by atomic mass is 9.96. The van der Waals surface area contributed by atoms with Gasteiger partial charge < -0.3 is 31.9 Å². The molecule has 10 heteroatoms. The van der Waals surface area contributed by atoms with Gasteiger partial charge in [-0.1, -0.05) is 93.1 Å². The van der Waals surface area contributed by atoms with E-state index in [1.54, 1.807) is 19.1 Å². The van der Waals surface area contributed by atoms with Gasteiger partial charge in [-0.3, -0.25) is 14.4 Å². The molecule has 0 bridgehead atoms. The summed E-state index contributed by atoms with van der Waals surface area (Å²) in [7, 11) is 0. The van der Waals surface area contributed by atoms with E-state index in [-0.39, 0.29) is 30.9 Å². The second kappa shape index (κ2) is 16.1. The van der Waals surface area contributed by atoms with E-state index in [0.29, 0.717) is 12.0 Å². The summed E-state index contributed by atoms with van der Waals surface area (Å²) in [4.78, 5) is 52.2. The lowest BCUT2D eigenvalue weighted by molar-refractivity contribution is -0.142. The first-order chi connectivity index (χ1) is 20.6. The van der Waals surface area contributed by atoms with Crippen molar-refractivity contribution < 1.29 is 29.4 Å². The van der Waals surface area contributed by atoms with Crippen LogP contribution in [0.3, 0.4) is 0 Å². The Bertz CT molecular complexity index is 1350. The van der Waals surface area contributed by atoms with Crippen LogP contribution in [-0.4, -0.2) is 58.1 Å². The average molecular weight is 589 g/mol. The molecule has 0 fully saturated rings. The lowest BCUT2D eigenvalue weighted by Gasteiger charge is -2.28. The molecule has 10 nitrogen and oxygen atoms in total. The van der Waals surface area contributed by atoms with Crippen LogP contribution < -0.4 is 21.7 Å². The minimum atomic E-state index is -1.27. The number of hydrogen-bond acceptors (Lipinski definition) is 6. The number of hydrogen-bond donors (Lipinski definition) is 6. The van der Waals surface area contributed by atoms with Crippen LogP contribution in [-0.2, 0) is 38.4 Å². The Hall–Kier alpha value is -4.70. The Labute approximate surface area is 251 Å². The molecule has 0 saturated carbocycles. The molecule has 0 heterocycles. The number of phenols is 1. The van der Waals surface area contributed by atoms with Crippen LogP contribution in [0.5, 0.6) is 5.75 Å². The molecule has 0 saturated heterocycles. The molecule has 0 aliphatic carbocycles. The van der Waals surface area contributed by atoms with E-state index in [1.165, 1.54) is 12.1 Å². The fourth-order valence-electron chi connectivity index (χ4n) is 4.58. The summed E-state index contributed by atoms with van der Waals surface area (Å²) in [5.74, 6) is -3.30. The van der Waals surface area contributed by atoms with Gasteiger partial charge in [0.05, 0.1) is 6.04 Å². The number of carboxylic acid groups (broad SMARTS) is 1. The van der Waals surface area contributed by atoms with E-state index in [2.05, 4.69) is 16.0 Å². The van der Waals surface area contributed by atoms with Gasteiger partial charge in [0.1, 0.15) is 23.9 Å². The summed E-state index contributed by atoms with van der Waals surface area (Å²) in [5.41, 5.74) is 8.46. The normalized spacial score (nSPS) is 14.4. The maximum atomic E-state index is 13.7. The Morgan fingerprint density at radius 2 is 1.16 bits per heavy atom. The largest absolute Gasteiger partial charge is 0.508 e. The molecule has 3 amide bonds. The van der Waals surface area contributed by atoms with Crippen molar-refractivity contribution in [2.24, 2.45) is 11.7 Å². The van der Waals surface area contributed by atoms with Gasteiger partial charge in [0.2, 0.25) is 17.7 Å². The van der Waals surface area contributed by atoms with Gasteiger partial charge in [-0.2, -0.15) is 0 Å². The zero-order valence-corrected chi connectivity index (χ0v) is 24.4.